The highest BCUT2D eigenvalue weighted by atomic mass is 16.5. The number of hydrogen-bond donors (Lipinski definition) is 0. The van der Waals surface area contributed by atoms with E-state index in [1.54, 1.807) is 0 Å². The second-order valence-electron chi connectivity index (χ2n) is 5.40. The van der Waals surface area contributed by atoms with Crippen LogP contribution in [0.15, 0.2) is 36.9 Å². The fourth-order valence-corrected chi connectivity index (χ4v) is 2.29. The molecule has 0 saturated heterocycles. The number of aryl methyl sites for hydroxylation is 4. The first kappa shape index (κ1) is 14.4. The van der Waals surface area contributed by atoms with Crippen molar-refractivity contribution in [1.29, 1.82) is 0 Å². The van der Waals surface area contributed by atoms with Crippen LogP contribution < -0.4 is 4.74 Å². The Labute approximate surface area is 121 Å². The fraction of sp³-hybridized carbons (Fsp3) is 0.263. The Bertz CT molecular complexity index is 638. The summed E-state index contributed by atoms with van der Waals surface area (Å²) in [4.78, 5) is 0. The van der Waals surface area contributed by atoms with Gasteiger partial charge in [0.2, 0.25) is 0 Å². The SMILES string of the molecule is C=Cc1cc(C)c(COc2cc(C)ccc2C)cc1C. The Morgan fingerprint density at radius 1 is 0.950 bits per heavy atom. The summed E-state index contributed by atoms with van der Waals surface area (Å²) in [7, 11) is 0. The van der Waals surface area contributed by atoms with Gasteiger partial charge >= 0.3 is 0 Å². The molecule has 2 aromatic rings. The Kier molecular flexibility index (Phi) is 4.29. The van der Waals surface area contributed by atoms with Crippen molar-refractivity contribution in [2.24, 2.45) is 0 Å². The third-order valence-corrected chi connectivity index (χ3v) is 3.67. The number of benzene rings is 2. The minimum absolute atomic E-state index is 0.606. The molecule has 0 heterocycles. The van der Waals surface area contributed by atoms with Gasteiger partial charge in [-0.3, -0.25) is 0 Å². The van der Waals surface area contributed by atoms with Crippen molar-refractivity contribution in [2.45, 2.75) is 34.3 Å². The van der Waals surface area contributed by atoms with Gasteiger partial charge in [-0.25, -0.2) is 0 Å². The minimum Gasteiger partial charge on any atom is -0.489 e. The highest BCUT2D eigenvalue weighted by Crippen LogP contribution is 2.23. The molecule has 0 aliphatic heterocycles. The van der Waals surface area contributed by atoms with Crippen molar-refractivity contribution in [3.05, 3.63) is 70.3 Å². The Balaban J connectivity index is 2.21. The molecule has 0 aliphatic rings. The first-order valence-electron chi connectivity index (χ1n) is 6.94. The predicted octanol–water partition coefficient (Wildman–Crippen LogP) is 5.14. The van der Waals surface area contributed by atoms with Crippen LogP contribution in [0.4, 0.5) is 0 Å². The van der Waals surface area contributed by atoms with Crippen LogP contribution in [-0.4, -0.2) is 0 Å². The zero-order chi connectivity index (χ0) is 14.7. The zero-order valence-corrected chi connectivity index (χ0v) is 12.8. The molecule has 1 nitrogen and oxygen atoms in total. The Morgan fingerprint density at radius 2 is 1.70 bits per heavy atom. The number of hydrogen-bond acceptors (Lipinski definition) is 1. The second-order valence-corrected chi connectivity index (χ2v) is 5.40. The third-order valence-electron chi connectivity index (χ3n) is 3.67. The molecule has 0 amide bonds. The molecule has 104 valence electrons. The van der Waals surface area contributed by atoms with Gasteiger partial charge in [0.15, 0.2) is 0 Å². The normalized spacial score (nSPS) is 10.4. The van der Waals surface area contributed by atoms with Crippen LogP contribution in [0.1, 0.15) is 33.4 Å². The van der Waals surface area contributed by atoms with E-state index in [2.05, 4.69) is 64.6 Å². The standard InChI is InChI=1S/C19H22O/c1-6-17-10-16(5)18(11-15(17)4)12-20-19-9-13(2)7-8-14(19)3/h6-11H,1,12H2,2-5H3. The largest absolute Gasteiger partial charge is 0.489 e. The monoisotopic (exact) mass is 266 g/mol. The smallest absolute Gasteiger partial charge is 0.122 e. The van der Waals surface area contributed by atoms with Crippen molar-refractivity contribution in [3.8, 4) is 5.75 Å². The maximum absolute atomic E-state index is 5.99. The average Bonchev–Trinajstić information content (AvgIpc) is 2.42. The lowest BCUT2D eigenvalue weighted by Crippen LogP contribution is -2.01. The molecular weight excluding hydrogens is 244 g/mol. The van der Waals surface area contributed by atoms with Gasteiger partial charge in [-0.15, -0.1) is 0 Å². The third kappa shape index (κ3) is 3.11. The Morgan fingerprint density at radius 3 is 2.40 bits per heavy atom. The molecule has 0 atom stereocenters. The maximum Gasteiger partial charge on any atom is 0.122 e. The molecule has 0 N–H and O–H groups in total. The van der Waals surface area contributed by atoms with Gasteiger partial charge in [-0.2, -0.15) is 0 Å². The lowest BCUT2D eigenvalue weighted by molar-refractivity contribution is 0.303. The van der Waals surface area contributed by atoms with E-state index in [0.717, 1.165) is 5.75 Å². The van der Waals surface area contributed by atoms with Crippen LogP contribution in [0.5, 0.6) is 5.75 Å². The van der Waals surface area contributed by atoms with Gasteiger partial charge < -0.3 is 4.74 Å². The molecule has 0 saturated carbocycles. The predicted molar refractivity (Wildman–Crippen MR) is 86.3 cm³/mol. The van der Waals surface area contributed by atoms with E-state index >= 15 is 0 Å². The summed E-state index contributed by atoms with van der Waals surface area (Å²) >= 11 is 0. The van der Waals surface area contributed by atoms with Gasteiger partial charge in [-0.05, 0) is 67.1 Å². The summed E-state index contributed by atoms with van der Waals surface area (Å²) in [5.41, 5.74) is 7.31. The van der Waals surface area contributed by atoms with E-state index in [0.29, 0.717) is 6.61 Å². The highest BCUT2D eigenvalue weighted by Gasteiger charge is 2.05. The van der Waals surface area contributed by atoms with Crippen LogP contribution in [0.3, 0.4) is 0 Å². The van der Waals surface area contributed by atoms with Crippen molar-refractivity contribution < 1.29 is 4.74 Å². The van der Waals surface area contributed by atoms with Gasteiger partial charge in [0.1, 0.15) is 12.4 Å². The molecule has 0 fully saturated rings. The second kappa shape index (κ2) is 5.96. The molecule has 20 heavy (non-hydrogen) atoms. The molecule has 2 rings (SSSR count). The first-order chi connectivity index (χ1) is 9.51. The van der Waals surface area contributed by atoms with E-state index in [-0.39, 0.29) is 0 Å². The van der Waals surface area contributed by atoms with E-state index in [4.69, 9.17) is 4.74 Å². The minimum atomic E-state index is 0.606. The van der Waals surface area contributed by atoms with Crippen LogP contribution in [0, 0.1) is 27.7 Å². The molecule has 0 aliphatic carbocycles. The van der Waals surface area contributed by atoms with Crippen LogP contribution >= 0.6 is 0 Å². The van der Waals surface area contributed by atoms with Crippen LogP contribution in [0.25, 0.3) is 6.08 Å². The maximum atomic E-state index is 5.99. The van der Waals surface area contributed by atoms with E-state index in [1.807, 2.05) is 6.08 Å². The molecule has 0 aromatic heterocycles. The molecule has 1 heteroatoms. The van der Waals surface area contributed by atoms with Gasteiger partial charge in [0.05, 0.1) is 0 Å². The van der Waals surface area contributed by atoms with Gasteiger partial charge in [0.25, 0.3) is 0 Å². The van der Waals surface area contributed by atoms with E-state index in [9.17, 15) is 0 Å². The lowest BCUT2D eigenvalue weighted by Gasteiger charge is -2.13. The lowest BCUT2D eigenvalue weighted by atomic mass is 10.0. The average molecular weight is 266 g/mol. The zero-order valence-electron chi connectivity index (χ0n) is 12.8. The quantitative estimate of drug-likeness (QED) is 0.744. The summed E-state index contributed by atoms with van der Waals surface area (Å²) in [6.45, 7) is 12.8. The van der Waals surface area contributed by atoms with Gasteiger partial charge in [-0.1, -0.05) is 36.9 Å². The molecule has 0 radical (unpaired) electrons. The van der Waals surface area contributed by atoms with E-state index in [1.165, 1.54) is 33.4 Å². The van der Waals surface area contributed by atoms with Crippen molar-refractivity contribution >= 4 is 6.08 Å². The summed E-state index contributed by atoms with van der Waals surface area (Å²) in [5.74, 6) is 0.967. The molecule has 0 bridgehead atoms. The number of rotatable bonds is 4. The van der Waals surface area contributed by atoms with Crippen molar-refractivity contribution in [1.82, 2.24) is 0 Å². The first-order valence-corrected chi connectivity index (χ1v) is 6.94. The van der Waals surface area contributed by atoms with Crippen LogP contribution in [-0.2, 0) is 6.61 Å². The fourth-order valence-electron chi connectivity index (χ4n) is 2.29. The highest BCUT2D eigenvalue weighted by molar-refractivity contribution is 5.54. The summed E-state index contributed by atoms with van der Waals surface area (Å²) in [5, 5.41) is 0. The Hall–Kier alpha value is -2.02. The van der Waals surface area contributed by atoms with Crippen LogP contribution in [0.2, 0.25) is 0 Å². The van der Waals surface area contributed by atoms with E-state index < -0.39 is 0 Å². The summed E-state index contributed by atoms with van der Waals surface area (Å²) < 4.78 is 5.99. The molecule has 2 aromatic carbocycles. The van der Waals surface area contributed by atoms with Crippen molar-refractivity contribution in [3.63, 3.8) is 0 Å². The molecule has 0 spiro atoms. The number of ether oxygens (including phenoxy) is 1. The summed E-state index contributed by atoms with van der Waals surface area (Å²) in [6, 6.07) is 10.7. The summed E-state index contributed by atoms with van der Waals surface area (Å²) in [6.07, 6.45) is 1.90. The molecule has 0 unspecified atom stereocenters. The molecular formula is C19H22O. The van der Waals surface area contributed by atoms with Crippen molar-refractivity contribution in [2.75, 3.05) is 0 Å². The van der Waals surface area contributed by atoms with Gasteiger partial charge in [0, 0.05) is 0 Å². The topological polar surface area (TPSA) is 9.23 Å².